The number of benzene rings is 1. The number of aliphatic hydroxyl groups is 1. The molecule has 1 unspecified atom stereocenters. The lowest BCUT2D eigenvalue weighted by molar-refractivity contribution is -0.139. The van der Waals surface area contributed by atoms with Gasteiger partial charge in [0.15, 0.2) is 0 Å². The predicted molar refractivity (Wildman–Crippen MR) is 110 cm³/mol. The van der Waals surface area contributed by atoms with Gasteiger partial charge in [-0.25, -0.2) is 9.59 Å². The first-order chi connectivity index (χ1) is 14.8. The van der Waals surface area contributed by atoms with Gasteiger partial charge in [-0.2, -0.15) is 0 Å². The first-order valence-corrected chi connectivity index (χ1v) is 10.7. The number of methoxy groups -OCH3 is 2. The summed E-state index contributed by atoms with van der Waals surface area (Å²) in [4.78, 5) is 43.7. The van der Waals surface area contributed by atoms with Crippen LogP contribution < -0.4 is 4.90 Å². The number of nitrogens with zero attached hydrogens (tertiary/aromatic N) is 2. The Bertz CT molecular complexity index is 1020. The number of hydrogen-bond acceptors (Lipinski definition) is 6. The molecule has 6 rings (SSSR count). The molecule has 2 amide bonds. The normalized spacial score (nSPS) is 33.5. The Hall–Kier alpha value is -2.87. The lowest BCUT2D eigenvalue weighted by Crippen LogP contribution is -2.67. The smallest absolute Gasteiger partial charge is 0.414 e. The number of rotatable bonds is 1. The van der Waals surface area contributed by atoms with E-state index >= 15 is 0 Å². The van der Waals surface area contributed by atoms with E-state index in [0.717, 1.165) is 0 Å². The van der Waals surface area contributed by atoms with E-state index in [1.54, 1.807) is 23.1 Å². The van der Waals surface area contributed by atoms with Gasteiger partial charge in [0.2, 0.25) is 5.91 Å². The first-order valence-electron chi connectivity index (χ1n) is 10.7. The van der Waals surface area contributed by atoms with Crippen molar-refractivity contribution in [3.63, 3.8) is 0 Å². The minimum absolute atomic E-state index is 0.0894. The molecule has 31 heavy (non-hydrogen) atoms. The van der Waals surface area contributed by atoms with Crippen LogP contribution in [0.2, 0.25) is 0 Å². The van der Waals surface area contributed by atoms with Gasteiger partial charge in [0.25, 0.3) is 0 Å². The molecule has 2 saturated heterocycles. The Labute approximate surface area is 180 Å². The highest BCUT2D eigenvalue weighted by Crippen LogP contribution is 2.63. The third-order valence-electron chi connectivity index (χ3n) is 7.68. The molecule has 1 aliphatic carbocycles. The summed E-state index contributed by atoms with van der Waals surface area (Å²) in [5, 5.41) is 11.3. The van der Waals surface area contributed by atoms with E-state index in [-0.39, 0.29) is 17.9 Å². The van der Waals surface area contributed by atoms with Crippen molar-refractivity contribution < 1.29 is 29.0 Å². The lowest BCUT2D eigenvalue weighted by atomic mass is 9.57. The zero-order valence-electron chi connectivity index (χ0n) is 17.7. The number of amides is 2. The van der Waals surface area contributed by atoms with Crippen molar-refractivity contribution in [1.29, 1.82) is 0 Å². The van der Waals surface area contributed by atoms with Gasteiger partial charge in [-0.3, -0.25) is 9.69 Å². The summed E-state index contributed by atoms with van der Waals surface area (Å²) in [6.45, 7) is 1.05. The maximum Gasteiger partial charge on any atom is 0.414 e. The predicted octanol–water partition coefficient (Wildman–Crippen LogP) is 1.90. The fourth-order valence-electron chi connectivity index (χ4n) is 6.40. The standard InChI is InChI=1S/C23H26N2O6/c1-30-18(26)16-14-21(29)8-5-12-24-13-11-22(19(24)27)15-6-3-4-7-17(15)25(20(28)31-2)23(16,22)10-9-21/h3-4,6-7,14,29H,5,8-13H2,1-2H3/t21?,22-,23-/m1/s1. The molecule has 0 radical (unpaired) electrons. The lowest BCUT2D eigenvalue weighted by Gasteiger charge is -2.51. The highest BCUT2D eigenvalue weighted by Gasteiger charge is 2.73. The molecular formula is C23H26N2O6. The molecule has 4 aliphatic heterocycles. The van der Waals surface area contributed by atoms with Crippen molar-refractivity contribution in [2.75, 3.05) is 32.2 Å². The second-order valence-electron chi connectivity index (χ2n) is 8.89. The fraction of sp³-hybridized carbons (Fsp3) is 0.522. The van der Waals surface area contributed by atoms with E-state index in [1.807, 2.05) is 12.1 Å². The second-order valence-corrected chi connectivity index (χ2v) is 8.89. The minimum Gasteiger partial charge on any atom is -0.466 e. The third kappa shape index (κ3) is 2.31. The van der Waals surface area contributed by atoms with Crippen LogP contribution in [0, 0.1) is 0 Å². The molecule has 1 aromatic rings. The van der Waals surface area contributed by atoms with Gasteiger partial charge in [-0.15, -0.1) is 0 Å². The van der Waals surface area contributed by atoms with Crippen LogP contribution in [0.15, 0.2) is 35.9 Å². The summed E-state index contributed by atoms with van der Waals surface area (Å²) in [7, 11) is 2.56. The monoisotopic (exact) mass is 426 g/mol. The number of hydrogen-bond donors (Lipinski definition) is 1. The summed E-state index contributed by atoms with van der Waals surface area (Å²) in [5.41, 5.74) is -2.24. The fourth-order valence-corrected chi connectivity index (χ4v) is 6.40. The van der Waals surface area contributed by atoms with Crippen LogP contribution in [-0.4, -0.2) is 66.4 Å². The molecule has 0 saturated carbocycles. The number of carbonyl (C=O) groups excluding carboxylic acids is 3. The highest BCUT2D eigenvalue weighted by atomic mass is 16.5. The zero-order valence-corrected chi connectivity index (χ0v) is 17.7. The van der Waals surface area contributed by atoms with Crippen molar-refractivity contribution in [3.8, 4) is 0 Å². The summed E-state index contributed by atoms with van der Waals surface area (Å²) in [6.07, 6.45) is 2.98. The molecule has 8 nitrogen and oxygen atoms in total. The van der Waals surface area contributed by atoms with Crippen LogP contribution in [0.5, 0.6) is 0 Å². The van der Waals surface area contributed by atoms with Crippen molar-refractivity contribution in [3.05, 3.63) is 41.5 Å². The molecule has 0 aromatic heterocycles. The van der Waals surface area contributed by atoms with Crippen LogP contribution in [0.4, 0.5) is 10.5 Å². The molecule has 164 valence electrons. The molecule has 4 bridgehead atoms. The first kappa shape index (κ1) is 20.1. The summed E-state index contributed by atoms with van der Waals surface area (Å²) in [6, 6.07) is 7.30. The molecule has 3 atom stereocenters. The van der Waals surface area contributed by atoms with Gasteiger partial charge >= 0.3 is 12.1 Å². The molecule has 8 heteroatoms. The Morgan fingerprint density at radius 3 is 2.55 bits per heavy atom. The molecule has 2 fully saturated rings. The van der Waals surface area contributed by atoms with E-state index in [4.69, 9.17) is 9.47 Å². The van der Waals surface area contributed by atoms with Crippen molar-refractivity contribution >= 4 is 23.7 Å². The average molecular weight is 426 g/mol. The molecule has 2 spiro atoms. The topological polar surface area (TPSA) is 96.4 Å². The number of carbonyl (C=O) groups is 3. The van der Waals surface area contributed by atoms with E-state index in [2.05, 4.69) is 0 Å². The highest BCUT2D eigenvalue weighted by molar-refractivity contribution is 6.09. The van der Waals surface area contributed by atoms with Gasteiger partial charge in [-0.1, -0.05) is 18.2 Å². The zero-order chi connectivity index (χ0) is 22.0. The van der Waals surface area contributed by atoms with Gasteiger partial charge in [-0.05, 0) is 49.8 Å². The van der Waals surface area contributed by atoms with Gasteiger partial charge in [0, 0.05) is 13.1 Å². The average Bonchev–Trinajstić information content (AvgIpc) is 3.22. The Morgan fingerprint density at radius 2 is 1.81 bits per heavy atom. The maximum atomic E-state index is 14.1. The Kier molecular flexibility index (Phi) is 4.25. The minimum atomic E-state index is -1.33. The van der Waals surface area contributed by atoms with Crippen molar-refractivity contribution in [2.24, 2.45) is 0 Å². The Balaban J connectivity index is 1.91. The number of fused-ring (bicyclic) bond motifs is 4. The number of anilines is 1. The summed E-state index contributed by atoms with van der Waals surface area (Å²) in [5.74, 6) is -0.737. The van der Waals surface area contributed by atoms with Crippen LogP contribution >= 0.6 is 0 Å². The Morgan fingerprint density at radius 1 is 1.03 bits per heavy atom. The molecule has 4 heterocycles. The summed E-state index contributed by atoms with van der Waals surface area (Å²) >= 11 is 0. The van der Waals surface area contributed by atoms with Gasteiger partial charge < -0.3 is 19.5 Å². The maximum absolute atomic E-state index is 14.1. The quantitative estimate of drug-likeness (QED) is 0.689. The molecular weight excluding hydrogens is 400 g/mol. The van der Waals surface area contributed by atoms with E-state index in [1.165, 1.54) is 19.1 Å². The number of ether oxygens (including phenoxy) is 2. The van der Waals surface area contributed by atoms with Crippen LogP contribution in [0.25, 0.3) is 0 Å². The number of para-hydroxylation sites is 1. The largest absolute Gasteiger partial charge is 0.466 e. The molecule has 5 aliphatic rings. The van der Waals surface area contributed by atoms with E-state index in [0.29, 0.717) is 50.0 Å². The van der Waals surface area contributed by atoms with Gasteiger partial charge in [0.1, 0.15) is 11.0 Å². The van der Waals surface area contributed by atoms with Crippen molar-refractivity contribution in [2.45, 2.75) is 48.7 Å². The van der Waals surface area contributed by atoms with Crippen LogP contribution in [0.3, 0.4) is 0 Å². The van der Waals surface area contributed by atoms with E-state index in [9.17, 15) is 19.5 Å². The SMILES string of the molecule is COC(=O)C1=CC2(O)CCCN3CC[C@]4(C3=O)c3ccccc3N(C(=O)OC)[C@]14CC2. The van der Waals surface area contributed by atoms with Crippen molar-refractivity contribution in [1.82, 2.24) is 4.90 Å². The molecule has 1 aromatic carbocycles. The van der Waals surface area contributed by atoms with Crippen LogP contribution in [0.1, 0.15) is 37.7 Å². The second kappa shape index (κ2) is 6.56. The third-order valence-corrected chi connectivity index (χ3v) is 7.68. The van der Waals surface area contributed by atoms with Gasteiger partial charge in [0.05, 0.1) is 31.1 Å². The van der Waals surface area contributed by atoms with Crippen LogP contribution in [-0.2, 0) is 24.5 Å². The molecule has 1 N–H and O–H groups in total. The summed E-state index contributed by atoms with van der Waals surface area (Å²) < 4.78 is 10.3. The number of esters is 1. The van der Waals surface area contributed by atoms with E-state index < -0.39 is 28.6 Å².